The van der Waals surface area contributed by atoms with Crippen LogP contribution in [0.5, 0.6) is 11.5 Å². The van der Waals surface area contributed by atoms with E-state index < -0.39 is 36.2 Å². The predicted molar refractivity (Wildman–Crippen MR) is 126 cm³/mol. The lowest BCUT2D eigenvalue weighted by Gasteiger charge is -2.16. The van der Waals surface area contributed by atoms with Gasteiger partial charge in [-0.15, -0.1) is 0 Å². The van der Waals surface area contributed by atoms with Crippen molar-refractivity contribution in [3.05, 3.63) is 62.3 Å². The molecular formula is C22H23ClN4O7. The fourth-order valence-corrected chi connectivity index (χ4v) is 3.59. The molecule has 0 saturated heterocycles. The molecule has 1 aromatic heterocycles. The number of aromatic nitrogens is 2. The maximum Gasteiger partial charge on any atom is 0.332 e. The highest BCUT2D eigenvalue weighted by Gasteiger charge is 2.18. The molecule has 0 saturated carbocycles. The first-order chi connectivity index (χ1) is 16.3. The van der Waals surface area contributed by atoms with Gasteiger partial charge in [-0.2, -0.15) is 0 Å². The fraction of sp³-hybridized carbons (Fsp3) is 0.273. The molecule has 12 heteroatoms. The molecule has 11 nitrogen and oxygen atoms in total. The molecule has 0 fully saturated rings. The van der Waals surface area contributed by atoms with Crippen molar-refractivity contribution in [3.8, 4) is 11.5 Å². The summed E-state index contributed by atoms with van der Waals surface area (Å²) in [5.74, 6) is -0.582. The van der Waals surface area contributed by atoms with Crippen LogP contribution in [0.25, 0.3) is 10.9 Å². The maximum atomic E-state index is 13.1. The minimum Gasteiger partial charge on any atom is -0.495 e. The number of anilines is 1. The summed E-state index contributed by atoms with van der Waals surface area (Å²) in [6, 6.07) is 9.22. The van der Waals surface area contributed by atoms with Crippen molar-refractivity contribution in [1.82, 2.24) is 14.5 Å². The molecule has 2 aromatic carbocycles. The average Bonchev–Trinajstić information content (AvgIpc) is 2.83. The maximum absolute atomic E-state index is 13.1. The van der Waals surface area contributed by atoms with Crippen LogP contribution >= 0.6 is 11.6 Å². The van der Waals surface area contributed by atoms with Gasteiger partial charge < -0.3 is 25.2 Å². The second-order valence-corrected chi connectivity index (χ2v) is 7.49. The Morgan fingerprint density at radius 3 is 2.35 bits per heavy atom. The Kier molecular flexibility index (Phi) is 7.92. The number of hydrogen-bond acceptors (Lipinski definition) is 7. The zero-order chi connectivity index (χ0) is 24.8. The minimum absolute atomic E-state index is 0.0238. The van der Waals surface area contributed by atoms with Crippen LogP contribution in [-0.4, -0.2) is 53.4 Å². The minimum atomic E-state index is -0.835. The molecule has 3 N–H and O–H groups in total. The number of amides is 2. The molecule has 0 radical (unpaired) electrons. The smallest absolute Gasteiger partial charge is 0.332 e. The summed E-state index contributed by atoms with van der Waals surface area (Å²) in [7, 11) is 2.85. The first kappa shape index (κ1) is 24.8. The second-order valence-electron chi connectivity index (χ2n) is 7.09. The predicted octanol–water partition coefficient (Wildman–Crippen LogP) is 0.581. The first-order valence-corrected chi connectivity index (χ1v) is 10.5. The molecule has 180 valence electrons. The van der Waals surface area contributed by atoms with Crippen molar-refractivity contribution in [2.45, 2.75) is 13.1 Å². The van der Waals surface area contributed by atoms with Crippen LogP contribution in [-0.2, 0) is 22.7 Å². The first-order valence-electron chi connectivity index (χ1n) is 10.1. The topological polar surface area (TPSA) is 141 Å². The third kappa shape index (κ3) is 5.21. The number of methoxy groups -OCH3 is 2. The highest BCUT2D eigenvalue weighted by Crippen LogP contribution is 2.35. The van der Waals surface area contributed by atoms with E-state index in [-0.39, 0.29) is 40.5 Å². The van der Waals surface area contributed by atoms with E-state index in [0.29, 0.717) is 5.75 Å². The van der Waals surface area contributed by atoms with Gasteiger partial charge in [0, 0.05) is 12.6 Å². The molecule has 0 spiro atoms. The molecule has 0 aliphatic carbocycles. The normalized spacial score (nSPS) is 10.7. The number of rotatable bonds is 9. The van der Waals surface area contributed by atoms with Crippen LogP contribution in [0.2, 0.25) is 5.02 Å². The van der Waals surface area contributed by atoms with Gasteiger partial charge in [-0.25, -0.2) is 4.79 Å². The van der Waals surface area contributed by atoms with E-state index in [1.165, 1.54) is 38.5 Å². The Bertz CT molecular complexity index is 1350. The number of halogens is 1. The molecule has 0 aliphatic heterocycles. The van der Waals surface area contributed by atoms with Crippen LogP contribution in [0.15, 0.2) is 46.0 Å². The Morgan fingerprint density at radius 2 is 1.68 bits per heavy atom. The molecule has 3 rings (SSSR count). The summed E-state index contributed by atoms with van der Waals surface area (Å²) < 4.78 is 12.3. The molecule has 2 amide bonds. The largest absolute Gasteiger partial charge is 0.495 e. The lowest BCUT2D eigenvalue weighted by molar-refractivity contribution is -0.121. The van der Waals surface area contributed by atoms with Gasteiger partial charge in [-0.1, -0.05) is 23.7 Å². The summed E-state index contributed by atoms with van der Waals surface area (Å²) in [6.07, 6.45) is 0. The number of aliphatic hydroxyl groups excluding tert-OH is 1. The number of nitrogens with zero attached hydrogens (tertiary/aromatic N) is 2. The number of hydrogen-bond donors (Lipinski definition) is 3. The number of para-hydroxylation sites is 1. The van der Waals surface area contributed by atoms with Crippen molar-refractivity contribution >= 4 is 40.0 Å². The van der Waals surface area contributed by atoms with Gasteiger partial charge in [0.1, 0.15) is 24.6 Å². The number of carbonyl (C=O) groups is 2. The van der Waals surface area contributed by atoms with Crippen LogP contribution in [0.4, 0.5) is 5.69 Å². The summed E-state index contributed by atoms with van der Waals surface area (Å²) in [4.78, 5) is 50.9. The molecule has 0 unspecified atom stereocenters. The van der Waals surface area contributed by atoms with Gasteiger partial charge in [0.25, 0.3) is 5.56 Å². The van der Waals surface area contributed by atoms with Crippen LogP contribution in [0.3, 0.4) is 0 Å². The average molecular weight is 491 g/mol. The van der Waals surface area contributed by atoms with E-state index in [1.807, 2.05) is 0 Å². The summed E-state index contributed by atoms with van der Waals surface area (Å²) >= 11 is 6.15. The van der Waals surface area contributed by atoms with Gasteiger partial charge in [0.05, 0.1) is 42.4 Å². The second kappa shape index (κ2) is 10.9. The molecule has 0 atom stereocenters. The van der Waals surface area contributed by atoms with Gasteiger partial charge in [-0.3, -0.25) is 23.5 Å². The molecular weight excluding hydrogens is 468 g/mol. The van der Waals surface area contributed by atoms with Gasteiger partial charge in [-0.05, 0) is 18.2 Å². The van der Waals surface area contributed by atoms with E-state index >= 15 is 0 Å². The molecule has 34 heavy (non-hydrogen) atoms. The van der Waals surface area contributed by atoms with Crippen molar-refractivity contribution in [3.63, 3.8) is 0 Å². The lowest BCUT2D eigenvalue weighted by atomic mass is 10.2. The highest BCUT2D eigenvalue weighted by molar-refractivity contribution is 6.32. The van der Waals surface area contributed by atoms with Crippen LogP contribution in [0, 0.1) is 0 Å². The van der Waals surface area contributed by atoms with E-state index in [4.69, 9.17) is 26.2 Å². The Morgan fingerprint density at radius 1 is 1.00 bits per heavy atom. The number of fused-ring (bicyclic) bond motifs is 1. The van der Waals surface area contributed by atoms with E-state index in [1.54, 1.807) is 12.1 Å². The quantitative estimate of drug-likeness (QED) is 0.398. The monoisotopic (exact) mass is 490 g/mol. The summed E-state index contributed by atoms with van der Waals surface area (Å²) in [5, 5.41) is 14.3. The number of carbonyl (C=O) groups excluding carboxylic acids is 2. The van der Waals surface area contributed by atoms with Crippen LogP contribution < -0.4 is 31.4 Å². The fourth-order valence-electron chi connectivity index (χ4n) is 3.35. The van der Waals surface area contributed by atoms with Gasteiger partial charge >= 0.3 is 5.69 Å². The third-order valence-electron chi connectivity index (χ3n) is 4.92. The zero-order valence-corrected chi connectivity index (χ0v) is 19.2. The third-order valence-corrected chi connectivity index (χ3v) is 5.21. The highest BCUT2D eigenvalue weighted by atomic mass is 35.5. The van der Waals surface area contributed by atoms with Crippen LogP contribution in [0.1, 0.15) is 0 Å². The summed E-state index contributed by atoms with van der Waals surface area (Å²) in [6.45, 7) is -1.33. The molecule has 3 aromatic rings. The number of benzene rings is 2. The van der Waals surface area contributed by atoms with E-state index in [9.17, 15) is 19.2 Å². The van der Waals surface area contributed by atoms with Crippen molar-refractivity contribution in [1.29, 1.82) is 0 Å². The van der Waals surface area contributed by atoms with E-state index in [0.717, 1.165) is 9.13 Å². The van der Waals surface area contributed by atoms with Crippen molar-refractivity contribution in [2.24, 2.45) is 0 Å². The summed E-state index contributed by atoms with van der Waals surface area (Å²) in [5.41, 5.74) is -1.01. The molecule has 1 heterocycles. The Labute approximate surface area is 198 Å². The lowest BCUT2D eigenvalue weighted by Crippen LogP contribution is -2.45. The Hall–Kier alpha value is -3.83. The molecule has 0 aliphatic rings. The standard InChI is InChI=1S/C22H23ClN4O7/c1-33-17-10-18(34-2)15(9-14(17)23)25-20(30)12-26-16-6-4-3-5-13(16)21(31)27(22(26)32)11-19(29)24-7-8-28/h3-6,9-10,28H,7-8,11-12H2,1-2H3,(H,24,29)(H,25,30). The zero-order valence-electron chi connectivity index (χ0n) is 18.5. The number of nitrogens with one attached hydrogen (secondary N) is 2. The Balaban J connectivity index is 1.99. The SMILES string of the molecule is COc1cc(OC)c(NC(=O)Cn2c(=O)n(CC(=O)NCCO)c(=O)c3ccccc32)cc1Cl. The molecule has 0 bridgehead atoms. The van der Waals surface area contributed by atoms with Gasteiger partial charge in [0.15, 0.2) is 0 Å². The van der Waals surface area contributed by atoms with Crippen molar-refractivity contribution < 1.29 is 24.2 Å². The number of ether oxygens (including phenoxy) is 2. The number of aliphatic hydroxyl groups is 1. The van der Waals surface area contributed by atoms with Crippen molar-refractivity contribution in [2.75, 3.05) is 32.7 Å². The van der Waals surface area contributed by atoms with Gasteiger partial charge in [0.2, 0.25) is 11.8 Å². The van der Waals surface area contributed by atoms with E-state index in [2.05, 4.69) is 10.6 Å².